The smallest absolute Gasteiger partial charge is 0.340 e. The Bertz CT molecular complexity index is 2210. The monoisotopic (exact) mass is 551 g/mol. The zero-order chi connectivity index (χ0) is 25.5. The van der Waals surface area contributed by atoms with Crippen LogP contribution in [0.15, 0.2) is 109 Å². The molecule has 182 valence electrons. The Kier molecular flexibility index (Phi) is 4.61. The molecule has 0 aliphatic carbocycles. The molecule has 0 saturated heterocycles. The number of fused-ring (bicyclic) bond motifs is 10. The lowest BCUT2D eigenvalue weighted by Gasteiger charge is -2.35. The molecule has 9 rings (SSSR count). The van der Waals surface area contributed by atoms with Gasteiger partial charge in [0.1, 0.15) is 12.1 Å². The first kappa shape index (κ1) is 21.9. The molecule has 0 bridgehead atoms. The number of anilines is 2. The van der Waals surface area contributed by atoms with Crippen molar-refractivity contribution in [2.24, 2.45) is 0 Å². The minimum absolute atomic E-state index is 0.00702. The fourth-order valence-electron chi connectivity index (χ4n) is 6.03. The molecule has 0 amide bonds. The summed E-state index contributed by atoms with van der Waals surface area (Å²) in [4.78, 5) is 13.7. The lowest BCUT2D eigenvalue weighted by Crippen LogP contribution is -2.56. The Morgan fingerprint density at radius 3 is 2.03 bits per heavy atom. The van der Waals surface area contributed by atoms with Crippen molar-refractivity contribution in [2.75, 3.05) is 4.81 Å². The number of rotatable bonds is 2. The first-order valence-electron chi connectivity index (χ1n) is 12.9. The van der Waals surface area contributed by atoms with Gasteiger partial charge in [-0.05, 0) is 23.7 Å². The summed E-state index contributed by atoms with van der Waals surface area (Å²) in [6.45, 7) is -0.00702. The van der Waals surface area contributed by atoms with Gasteiger partial charge in [-0.1, -0.05) is 84.9 Å². The lowest BCUT2D eigenvalue weighted by atomic mass is 9.50. The fraction of sp³-hybridized carbons (Fsp3) is 0. The summed E-state index contributed by atoms with van der Waals surface area (Å²) < 4.78 is 6.35. The van der Waals surface area contributed by atoms with Crippen LogP contribution in [-0.2, 0) is 0 Å². The van der Waals surface area contributed by atoms with E-state index in [9.17, 15) is 0 Å². The van der Waals surface area contributed by atoms with Gasteiger partial charge in [-0.3, -0.25) is 0 Å². The first-order chi connectivity index (χ1) is 19.4. The predicted molar refractivity (Wildman–Crippen MR) is 171 cm³/mol. The van der Waals surface area contributed by atoms with Gasteiger partial charge in [-0.25, -0.2) is 9.97 Å². The summed E-state index contributed by atoms with van der Waals surface area (Å²) >= 11 is 5.59. The van der Waals surface area contributed by atoms with Crippen molar-refractivity contribution in [2.45, 2.75) is 0 Å². The van der Waals surface area contributed by atoms with Crippen molar-refractivity contribution in [1.82, 2.24) is 9.97 Å². The van der Waals surface area contributed by atoms with Gasteiger partial charge in [0.15, 0.2) is 0 Å². The molecule has 0 saturated carbocycles. The Morgan fingerprint density at radius 1 is 0.590 bits per heavy atom. The highest BCUT2D eigenvalue weighted by molar-refractivity contribution is 7.33. The number of nitrogens with zero attached hydrogens (tertiary/aromatic N) is 3. The van der Waals surface area contributed by atoms with Crippen LogP contribution in [0.2, 0.25) is 0 Å². The van der Waals surface area contributed by atoms with Gasteiger partial charge in [0, 0.05) is 40.6 Å². The topological polar surface area (TPSA) is 29.0 Å². The molecule has 0 N–H and O–H groups in total. The number of thiophene rings is 3. The molecule has 0 atom stereocenters. The van der Waals surface area contributed by atoms with Gasteiger partial charge < -0.3 is 4.81 Å². The average Bonchev–Trinajstić information content (AvgIpc) is 3.68. The van der Waals surface area contributed by atoms with Crippen LogP contribution in [-0.4, -0.2) is 16.8 Å². The number of benzene rings is 4. The van der Waals surface area contributed by atoms with Crippen molar-refractivity contribution in [3.8, 4) is 10.4 Å². The SMILES string of the molecule is c1ccc(B2c3sc4ccccc4c3-c3sc4ccccc4c3N2c2ncnc3c2sc2ccccc23)cc1. The van der Waals surface area contributed by atoms with E-state index >= 15 is 0 Å². The molecule has 39 heavy (non-hydrogen) atoms. The van der Waals surface area contributed by atoms with Gasteiger partial charge in [0.25, 0.3) is 0 Å². The molecule has 5 heterocycles. The van der Waals surface area contributed by atoms with Crippen LogP contribution in [0, 0.1) is 0 Å². The molecule has 0 radical (unpaired) electrons. The highest BCUT2D eigenvalue weighted by Gasteiger charge is 2.43. The van der Waals surface area contributed by atoms with Crippen LogP contribution in [0.3, 0.4) is 0 Å². The maximum Gasteiger partial charge on any atom is 0.340 e. The normalized spacial score (nSPS) is 13.0. The quantitative estimate of drug-likeness (QED) is 0.203. The zero-order valence-electron chi connectivity index (χ0n) is 20.5. The van der Waals surface area contributed by atoms with Crippen molar-refractivity contribution in [3.63, 3.8) is 0 Å². The van der Waals surface area contributed by atoms with E-state index < -0.39 is 0 Å². The second kappa shape index (κ2) is 8.23. The van der Waals surface area contributed by atoms with E-state index in [2.05, 4.69) is 108 Å². The maximum absolute atomic E-state index is 5.05. The van der Waals surface area contributed by atoms with E-state index in [1.54, 1.807) is 17.7 Å². The fourth-order valence-corrected chi connectivity index (χ4v) is 9.83. The first-order valence-corrected chi connectivity index (χ1v) is 15.3. The average molecular weight is 552 g/mol. The van der Waals surface area contributed by atoms with Crippen LogP contribution in [0.25, 0.3) is 50.9 Å². The summed E-state index contributed by atoms with van der Waals surface area (Å²) in [6, 6.07) is 37.1. The van der Waals surface area contributed by atoms with Crippen LogP contribution in [0.5, 0.6) is 0 Å². The van der Waals surface area contributed by atoms with E-state index in [1.165, 1.54) is 56.6 Å². The molecular formula is C32H18BN3S3. The van der Waals surface area contributed by atoms with Gasteiger partial charge >= 0.3 is 6.85 Å². The Balaban J connectivity index is 1.46. The van der Waals surface area contributed by atoms with E-state index in [4.69, 9.17) is 9.97 Å². The molecule has 1 aliphatic rings. The van der Waals surface area contributed by atoms with E-state index in [-0.39, 0.29) is 6.85 Å². The second-order valence-corrected chi connectivity index (χ2v) is 13.0. The third-order valence-corrected chi connectivity index (χ3v) is 11.2. The van der Waals surface area contributed by atoms with Crippen LogP contribution in [0.4, 0.5) is 11.5 Å². The summed E-state index contributed by atoms with van der Waals surface area (Å²) in [6.07, 6.45) is 1.74. The van der Waals surface area contributed by atoms with Crippen molar-refractivity contribution >= 4 is 103 Å². The minimum atomic E-state index is -0.00702. The molecule has 7 heteroatoms. The summed E-state index contributed by atoms with van der Waals surface area (Å²) in [5.41, 5.74) is 4.91. The Hall–Kier alpha value is -4.04. The molecule has 0 fully saturated rings. The molecule has 0 unspecified atom stereocenters. The zero-order valence-corrected chi connectivity index (χ0v) is 23.0. The van der Waals surface area contributed by atoms with Gasteiger partial charge in [0.05, 0.1) is 20.8 Å². The molecule has 8 aromatic rings. The molecule has 3 nitrogen and oxygen atoms in total. The van der Waals surface area contributed by atoms with Gasteiger partial charge in [-0.2, -0.15) is 0 Å². The molecule has 4 aromatic carbocycles. The van der Waals surface area contributed by atoms with Gasteiger partial charge in [0.2, 0.25) is 0 Å². The summed E-state index contributed by atoms with van der Waals surface area (Å²) in [5, 5.41) is 3.79. The molecule has 1 aliphatic heterocycles. The van der Waals surface area contributed by atoms with E-state index in [0.29, 0.717) is 0 Å². The van der Waals surface area contributed by atoms with Gasteiger partial charge in [-0.15, -0.1) is 34.0 Å². The van der Waals surface area contributed by atoms with E-state index in [0.717, 1.165) is 16.0 Å². The van der Waals surface area contributed by atoms with Crippen molar-refractivity contribution in [1.29, 1.82) is 0 Å². The number of hydrogen-bond donors (Lipinski definition) is 0. The Labute approximate surface area is 236 Å². The minimum Gasteiger partial charge on any atom is -0.358 e. The van der Waals surface area contributed by atoms with E-state index in [1.807, 2.05) is 22.7 Å². The summed E-state index contributed by atoms with van der Waals surface area (Å²) in [5.74, 6) is 0.975. The second-order valence-electron chi connectivity index (χ2n) is 9.77. The standard InChI is InChI=1S/C32H18BN3S3/c1-2-10-19(11-3-1)33-31-26(20-12-4-7-15-23(20)39-31)29-28(22-14-6-9-17-25(22)37-29)36(33)32-30-27(34-18-35-32)21-13-5-8-16-24(21)38-30/h1-18H. The Morgan fingerprint density at radius 2 is 1.23 bits per heavy atom. The number of hydrogen-bond acceptors (Lipinski definition) is 6. The maximum atomic E-state index is 5.05. The number of aromatic nitrogens is 2. The van der Waals surface area contributed by atoms with Crippen molar-refractivity contribution < 1.29 is 0 Å². The third kappa shape index (κ3) is 3.03. The lowest BCUT2D eigenvalue weighted by molar-refractivity contribution is 1.19. The summed E-state index contributed by atoms with van der Waals surface area (Å²) in [7, 11) is 0. The van der Waals surface area contributed by atoms with Crippen LogP contribution >= 0.6 is 34.0 Å². The predicted octanol–water partition coefficient (Wildman–Crippen LogP) is 8.20. The molecule has 0 spiro atoms. The largest absolute Gasteiger partial charge is 0.358 e. The van der Waals surface area contributed by atoms with Crippen LogP contribution in [0.1, 0.15) is 0 Å². The van der Waals surface area contributed by atoms with Crippen molar-refractivity contribution in [3.05, 3.63) is 109 Å². The highest BCUT2D eigenvalue weighted by atomic mass is 32.1. The molecular weight excluding hydrogens is 533 g/mol. The highest BCUT2D eigenvalue weighted by Crippen LogP contribution is 2.53. The van der Waals surface area contributed by atoms with Crippen LogP contribution < -0.4 is 15.1 Å². The molecule has 4 aromatic heterocycles. The third-order valence-electron chi connectivity index (χ3n) is 7.65.